The largest absolute Gasteiger partial charge is 0.441 e. The molecule has 6 nitrogen and oxygen atoms in total. The number of halogens is 1. The number of nitrogens with zero attached hydrogens (tertiary/aromatic N) is 5. The van der Waals surface area contributed by atoms with Gasteiger partial charge in [-0.15, -0.1) is 10.2 Å². The Balaban J connectivity index is 1.40. The quantitative estimate of drug-likeness (QED) is 0.557. The van der Waals surface area contributed by atoms with Gasteiger partial charge in [-0.1, -0.05) is 12.1 Å². The first kappa shape index (κ1) is 15.4. The number of fused-ring (bicyclic) bond motifs is 1. The lowest BCUT2D eigenvalue weighted by molar-refractivity contribution is 0.463. The van der Waals surface area contributed by atoms with Gasteiger partial charge in [0, 0.05) is 12.0 Å². The summed E-state index contributed by atoms with van der Waals surface area (Å²) in [5, 5.41) is 12.4. The Morgan fingerprint density at radius 1 is 1.16 bits per heavy atom. The van der Waals surface area contributed by atoms with Crippen LogP contribution >= 0.6 is 0 Å². The summed E-state index contributed by atoms with van der Waals surface area (Å²) >= 11 is 0. The fourth-order valence-corrected chi connectivity index (χ4v) is 2.64. The van der Waals surface area contributed by atoms with E-state index in [0.717, 1.165) is 23.1 Å². The van der Waals surface area contributed by atoms with Crippen molar-refractivity contribution in [2.24, 2.45) is 0 Å². The highest BCUT2D eigenvalue weighted by atomic mass is 19.1. The van der Waals surface area contributed by atoms with Gasteiger partial charge in [0.1, 0.15) is 11.3 Å². The molecule has 2 aromatic heterocycles. The molecule has 0 amide bonds. The first-order valence-electron chi connectivity index (χ1n) is 8.08. The Morgan fingerprint density at radius 2 is 2.04 bits per heavy atom. The summed E-state index contributed by atoms with van der Waals surface area (Å²) < 4.78 is 19.0. The van der Waals surface area contributed by atoms with Crippen molar-refractivity contribution in [1.82, 2.24) is 25.2 Å². The van der Waals surface area contributed by atoms with Crippen molar-refractivity contribution in [1.29, 1.82) is 0 Å². The van der Waals surface area contributed by atoms with Crippen LogP contribution in [-0.2, 0) is 13.0 Å². The van der Waals surface area contributed by atoms with Crippen molar-refractivity contribution in [2.75, 3.05) is 0 Å². The molecule has 0 bridgehead atoms. The van der Waals surface area contributed by atoms with Gasteiger partial charge in [-0.05, 0) is 54.5 Å². The highest BCUT2D eigenvalue weighted by molar-refractivity contribution is 5.72. The zero-order valence-electron chi connectivity index (χ0n) is 13.7. The SMILES string of the molecule is Cc1cc(-c2nnn(CCCc3nc4ccccc4o3)n2)ccc1F. The smallest absolute Gasteiger partial charge is 0.204 e. The highest BCUT2D eigenvalue weighted by Crippen LogP contribution is 2.18. The van der Waals surface area contributed by atoms with Gasteiger partial charge in [0.2, 0.25) is 5.82 Å². The Labute approximate surface area is 143 Å². The van der Waals surface area contributed by atoms with E-state index in [0.29, 0.717) is 30.2 Å². The van der Waals surface area contributed by atoms with Gasteiger partial charge >= 0.3 is 0 Å². The molecule has 126 valence electrons. The molecule has 0 aliphatic heterocycles. The third-order valence-corrected chi connectivity index (χ3v) is 3.96. The first-order valence-corrected chi connectivity index (χ1v) is 8.08. The second kappa shape index (κ2) is 6.43. The van der Waals surface area contributed by atoms with E-state index >= 15 is 0 Å². The molecule has 0 saturated carbocycles. The molecular weight excluding hydrogens is 321 g/mol. The van der Waals surface area contributed by atoms with E-state index in [2.05, 4.69) is 20.4 Å². The number of aryl methyl sites for hydroxylation is 3. The normalized spacial score (nSPS) is 11.3. The molecule has 0 fully saturated rings. The van der Waals surface area contributed by atoms with E-state index in [1.165, 1.54) is 10.9 Å². The third kappa shape index (κ3) is 3.26. The lowest BCUT2D eigenvalue weighted by Gasteiger charge is -1.99. The van der Waals surface area contributed by atoms with Crippen LogP contribution in [0.25, 0.3) is 22.5 Å². The molecule has 0 saturated heterocycles. The van der Waals surface area contributed by atoms with Crippen molar-refractivity contribution in [3.63, 3.8) is 0 Å². The maximum atomic E-state index is 13.3. The molecular formula is C18H16FN5O. The van der Waals surface area contributed by atoms with Gasteiger partial charge in [-0.2, -0.15) is 4.80 Å². The van der Waals surface area contributed by atoms with E-state index in [1.54, 1.807) is 19.1 Å². The molecule has 7 heteroatoms. The molecule has 4 aromatic rings. The zero-order valence-corrected chi connectivity index (χ0v) is 13.7. The first-order chi connectivity index (χ1) is 12.2. The lowest BCUT2D eigenvalue weighted by atomic mass is 10.1. The Kier molecular flexibility index (Phi) is 3.97. The predicted molar refractivity (Wildman–Crippen MR) is 90.3 cm³/mol. The topological polar surface area (TPSA) is 69.6 Å². The molecule has 0 radical (unpaired) electrons. The summed E-state index contributed by atoms with van der Waals surface area (Å²) in [6.45, 7) is 2.31. The van der Waals surface area contributed by atoms with Crippen LogP contribution < -0.4 is 0 Å². The number of tetrazole rings is 1. The second-order valence-electron chi connectivity index (χ2n) is 5.85. The average molecular weight is 337 g/mol. The molecule has 2 heterocycles. The summed E-state index contributed by atoms with van der Waals surface area (Å²) in [5.41, 5.74) is 2.98. The highest BCUT2D eigenvalue weighted by Gasteiger charge is 2.09. The molecule has 0 aliphatic carbocycles. The predicted octanol–water partition coefficient (Wildman–Crippen LogP) is 3.56. The van der Waals surface area contributed by atoms with Crippen LogP contribution in [0.4, 0.5) is 4.39 Å². The van der Waals surface area contributed by atoms with Gasteiger partial charge in [0.15, 0.2) is 11.5 Å². The van der Waals surface area contributed by atoms with E-state index < -0.39 is 0 Å². The summed E-state index contributed by atoms with van der Waals surface area (Å²) in [6, 6.07) is 12.5. The van der Waals surface area contributed by atoms with E-state index in [1.807, 2.05) is 24.3 Å². The average Bonchev–Trinajstić information content (AvgIpc) is 3.24. The van der Waals surface area contributed by atoms with Gasteiger partial charge in [-0.25, -0.2) is 9.37 Å². The van der Waals surface area contributed by atoms with E-state index in [9.17, 15) is 4.39 Å². The number of oxazole rings is 1. The number of hydrogen-bond donors (Lipinski definition) is 0. The van der Waals surface area contributed by atoms with Crippen molar-refractivity contribution in [2.45, 2.75) is 26.3 Å². The van der Waals surface area contributed by atoms with Crippen LogP contribution in [0.3, 0.4) is 0 Å². The molecule has 0 spiro atoms. The third-order valence-electron chi connectivity index (χ3n) is 3.96. The van der Waals surface area contributed by atoms with E-state index in [-0.39, 0.29) is 5.82 Å². The molecule has 0 aliphatic rings. The van der Waals surface area contributed by atoms with Gasteiger partial charge in [0.25, 0.3) is 0 Å². The number of aromatic nitrogens is 5. The van der Waals surface area contributed by atoms with Gasteiger partial charge in [-0.3, -0.25) is 0 Å². The van der Waals surface area contributed by atoms with Crippen LogP contribution in [0.15, 0.2) is 46.9 Å². The summed E-state index contributed by atoms with van der Waals surface area (Å²) in [6.07, 6.45) is 1.48. The fourth-order valence-electron chi connectivity index (χ4n) is 2.64. The Bertz CT molecular complexity index is 990. The van der Waals surface area contributed by atoms with Crippen LogP contribution in [0.2, 0.25) is 0 Å². The van der Waals surface area contributed by atoms with Crippen LogP contribution in [0, 0.1) is 12.7 Å². The lowest BCUT2D eigenvalue weighted by Crippen LogP contribution is -2.04. The monoisotopic (exact) mass is 337 g/mol. The molecule has 0 atom stereocenters. The molecule has 0 N–H and O–H groups in total. The Morgan fingerprint density at radius 3 is 2.88 bits per heavy atom. The fraction of sp³-hybridized carbons (Fsp3) is 0.222. The second-order valence-corrected chi connectivity index (χ2v) is 5.85. The number of para-hydroxylation sites is 2. The summed E-state index contributed by atoms with van der Waals surface area (Å²) in [4.78, 5) is 5.99. The standard InChI is InChI=1S/C18H16FN5O/c1-12-11-13(8-9-14(12)19)18-21-23-24(22-18)10-4-7-17-20-15-5-2-3-6-16(15)25-17/h2-3,5-6,8-9,11H,4,7,10H2,1H3. The molecule has 2 aromatic carbocycles. The van der Waals surface area contributed by atoms with Crippen molar-refractivity contribution < 1.29 is 8.81 Å². The van der Waals surface area contributed by atoms with E-state index in [4.69, 9.17) is 4.42 Å². The molecule has 25 heavy (non-hydrogen) atoms. The van der Waals surface area contributed by atoms with Crippen molar-refractivity contribution >= 4 is 11.1 Å². The van der Waals surface area contributed by atoms with Crippen molar-refractivity contribution in [3.05, 3.63) is 59.7 Å². The Hall–Kier alpha value is -3.09. The number of rotatable bonds is 5. The minimum Gasteiger partial charge on any atom is -0.441 e. The maximum Gasteiger partial charge on any atom is 0.204 e. The van der Waals surface area contributed by atoms with Crippen LogP contribution in [-0.4, -0.2) is 25.2 Å². The van der Waals surface area contributed by atoms with Gasteiger partial charge in [0.05, 0.1) is 6.54 Å². The van der Waals surface area contributed by atoms with Crippen molar-refractivity contribution in [3.8, 4) is 11.4 Å². The van der Waals surface area contributed by atoms with Gasteiger partial charge < -0.3 is 4.42 Å². The summed E-state index contributed by atoms with van der Waals surface area (Å²) in [7, 11) is 0. The summed E-state index contributed by atoms with van der Waals surface area (Å²) in [5.74, 6) is 0.954. The molecule has 4 rings (SSSR count). The number of hydrogen-bond acceptors (Lipinski definition) is 5. The van der Waals surface area contributed by atoms with Crippen LogP contribution in [0.1, 0.15) is 17.9 Å². The molecule has 0 unspecified atom stereocenters. The zero-order chi connectivity index (χ0) is 17.2. The van der Waals surface area contributed by atoms with Crippen LogP contribution in [0.5, 0.6) is 0 Å². The minimum atomic E-state index is -0.241. The number of benzene rings is 2. The minimum absolute atomic E-state index is 0.241. The maximum absolute atomic E-state index is 13.3.